The molecule has 7 aromatic rings. The maximum Gasteiger partial charge on any atom is 0.131 e. The first-order valence-electron chi connectivity index (χ1n) is 20.4. The highest BCUT2D eigenvalue weighted by molar-refractivity contribution is 5.99. The van der Waals surface area contributed by atoms with Crippen LogP contribution in [0.15, 0.2) is 133 Å². The van der Waals surface area contributed by atoms with Gasteiger partial charge in [0.2, 0.25) is 0 Å². The summed E-state index contributed by atoms with van der Waals surface area (Å²) in [6, 6.07) is 44.9. The van der Waals surface area contributed by atoms with Gasteiger partial charge in [0.15, 0.2) is 0 Å². The molecule has 4 N–H and O–H groups in total. The molecule has 3 aromatic heterocycles. The summed E-state index contributed by atoms with van der Waals surface area (Å²) in [5.74, 6) is 0. The summed E-state index contributed by atoms with van der Waals surface area (Å²) >= 11 is 0. The molecule has 9 rings (SSSR count). The maximum absolute atomic E-state index is 13.3. The van der Waals surface area contributed by atoms with E-state index < -0.39 is 11.1 Å². The lowest BCUT2D eigenvalue weighted by Crippen LogP contribution is -3.10. The van der Waals surface area contributed by atoms with Crippen molar-refractivity contribution in [1.82, 2.24) is 19.9 Å². The van der Waals surface area contributed by atoms with Crippen LogP contribution in [-0.4, -0.2) is 31.0 Å². The van der Waals surface area contributed by atoms with Gasteiger partial charge in [-0.1, -0.05) is 60.7 Å². The van der Waals surface area contributed by atoms with Gasteiger partial charge in [0, 0.05) is 44.3 Å². The van der Waals surface area contributed by atoms with Crippen LogP contribution in [0.4, 0.5) is 11.4 Å². The summed E-state index contributed by atoms with van der Waals surface area (Å²) in [5, 5.41) is 26.8. The Hall–Kier alpha value is -6.68. The van der Waals surface area contributed by atoms with Crippen LogP contribution in [-0.2, 0) is 0 Å². The fourth-order valence-electron chi connectivity index (χ4n) is 8.07. The molecule has 4 aromatic carbocycles. The molecule has 0 aliphatic carbocycles. The Kier molecular flexibility index (Phi) is 9.81. The summed E-state index contributed by atoms with van der Waals surface area (Å²) in [4.78, 5) is 18.4. The quantitative estimate of drug-likeness (QED) is 0.126. The number of nitrogens with one attached hydrogen (secondary N) is 4. The molecular formula is C52H48N6O2. The standard InChI is InChI=1S/C52H48N6O2/c1-51(2,3)57(59)37-21-17-35(18-22-37)49-43-29-25-39(53-43)47(33-13-9-7-10-14-33)41-27-31-45(55-41)50(36-19-23-38(24-20-36)58(60)52(4,5)6)46-32-28-42(56-46)48(34-15-11-8-12-16-34)40-26-30-44(49)54-40/h7-32,53,56-58H,1-6H3. The zero-order valence-corrected chi connectivity index (χ0v) is 34.7. The van der Waals surface area contributed by atoms with Crippen LogP contribution in [0.3, 0.4) is 0 Å². The summed E-state index contributed by atoms with van der Waals surface area (Å²) < 4.78 is 0. The molecule has 0 spiro atoms. The van der Waals surface area contributed by atoms with Gasteiger partial charge in [-0.2, -0.15) is 0 Å². The number of rotatable bonds is 6. The first-order chi connectivity index (χ1) is 28.8. The van der Waals surface area contributed by atoms with Gasteiger partial charge in [0.05, 0.1) is 33.9 Å². The third kappa shape index (κ3) is 7.31. The molecule has 8 bridgehead atoms. The average molecular weight is 789 g/mol. The first kappa shape index (κ1) is 38.8. The van der Waals surface area contributed by atoms with E-state index in [9.17, 15) is 10.4 Å². The number of H-pyrrole nitrogens is 2. The molecule has 60 heavy (non-hydrogen) atoms. The van der Waals surface area contributed by atoms with E-state index in [4.69, 9.17) is 9.97 Å². The van der Waals surface area contributed by atoms with Crippen LogP contribution >= 0.6 is 0 Å². The normalized spacial score (nSPS) is 13.7. The van der Waals surface area contributed by atoms with Crippen molar-refractivity contribution in [3.05, 3.63) is 167 Å². The molecule has 8 heteroatoms. The predicted octanol–water partition coefficient (Wildman–Crippen LogP) is 10.9. The molecule has 0 amide bonds. The van der Waals surface area contributed by atoms with E-state index in [0.29, 0.717) is 11.4 Å². The molecular weight excluding hydrogens is 741 g/mol. The molecule has 2 aliphatic heterocycles. The number of benzene rings is 4. The Morgan fingerprint density at radius 1 is 0.367 bits per heavy atom. The second kappa shape index (κ2) is 15.2. The largest absolute Gasteiger partial charge is 0.628 e. The van der Waals surface area contributed by atoms with Crippen LogP contribution in [0.2, 0.25) is 0 Å². The van der Waals surface area contributed by atoms with E-state index in [1.165, 1.54) is 0 Å². The Balaban J connectivity index is 1.38. The second-order valence-electron chi connectivity index (χ2n) is 17.5. The van der Waals surface area contributed by atoms with Gasteiger partial charge >= 0.3 is 0 Å². The van der Waals surface area contributed by atoms with Crippen molar-refractivity contribution in [2.24, 2.45) is 0 Å². The van der Waals surface area contributed by atoms with E-state index in [1.54, 1.807) is 0 Å². The number of aromatic nitrogens is 4. The number of nitrogens with zero attached hydrogens (tertiary/aromatic N) is 2. The molecule has 8 nitrogen and oxygen atoms in total. The summed E-state index contributed by atoms with van der Waals surface area (Å²) in [5.41, 5.74) is 14.8. The van der Waals surface area contributed by atoms with Gasteiger partial charge in [-0.15, -0.1) is 0 Å². The van der Waals surface area contributed by atoms with Crippen LogP contribution in [0.25, 0.3) is 90.9 Å². The monoisotopic (exact) mass is 788 g/mol. The Bertz CT molecular complexity index is 2740. The Morgan fingerprint density at radius 3 is 0.900 bits per heavy atom. The van der Waals surface area contributed by atoms with Crippen LogP contribution in [0.5, 0.6) is 0 Å². The number of hydroxylamine groups is 2. The lowest BCUT2D eigenvalue weighted by molar-refractivity contribution is -0.832. The fraction of sp³-hybridized carbons (Fsp3) is 0.154. The first-order valence-corrected chi connectivity index (χ1v) is 20.4. The van der Waals surface area contributed by atoms with Gasteiger partial charge in [0.25, 0.3) is 0 Å². The third-order valence-corrected chi connectivity index (χ3v) is 11.1. The van der Waals surface area contributed by atoms with E-state index in [0.717, 1.165) is 89.4 Å². The molecule has 0 saturated heterocycles. The van der Waals surface area contributed by atoms with E-state index in [-0.39, 0.29) is 10.1 Å². The minimum Gasteiger partial charge on any atom is -0.628 e. The molecule has 2 unspecified atom stereocenters. The highest BCUT2D eigenvalue weighted by Gasteiger charge is 2.23. The molecule has 0 radical (unpaired) electrons. The van der Waals surface area contributed by atoms with Crippen molar-refractivity contribution in [2.45, 2.75) is 52.6 Å². The van der Waals surface area contributed by atoms with Crippen molar-refractivity contribution in [3.8, 4) is 44.5 Å². The van der Waals surface area contributed by atoms with Crippen molar-refractivity contribution in [2.75, 3.05) is 0 Å². The van der Waals surface area contributed by atoms with Gasteiger partial charge in [-0.05, 0) is 161 Å². The minimum atomic E-state index is -0.497. The smallest absolute Gasteiger partial charge is 0.131 e. The van der Waals surface area contributed by atoms with E-state index in [2.05, 4.69) is 82.8 Å². The Morgan fingerprint density at radius 2 is 0.633 bits per heavy atom. The minimum absolute atomic E-state index is 0.0945. The van der Waals surface area contributed by atoms with Gasteiger partial charge < -0.3 is 30.5 Å². The zero-order chi connectivity index (χ0) is 41.8. The van der Waals surface area contributed by atoms with Gasteiger partial charge in [-0.25, -0.2) is 9.97 Å². The third-order valence-electron chi connectivity index (χ3n) is 11.1. The van der Waals surface area contributed by atoms with Crippen LogP contribution in [0, 0.1) is 10.4 Å². The number of fused-ring (bicyclic) bond motifs is 8. The van der Waals surface area contributed by atoms with E-state index in [1.807, 2.05) is 126 Å². The molecule has 5 heterocycles. The van der Waals surface area contributed by atoms with Crippen LogP contribution < -0.4 is 10.1 Å². The molecule has 0 fully saturated rings. The highest BCUT2D eigenvalue weighted by atomic mass is 16.5. The number of hydrogen-bond donors (Lipinski definition) is 4. The molecule has 2 aliphatic rings. The highest BCUT2D eigenvalue weighted by Crippen LogP contribution is 2.38. The second-order valence-corrected chi connectivity index (χ2v) is 17.5. The van der Waals surface area contributed by atoms with Gasteiger partial charge in [-0.3, -0.25) is 0 Å². The number of hydrogen-bond acceptors (Lipinski definition) is 4. The maximum atomic E-state index is 13.3. The van der Waals surface area contributed by atoms with Crippen LogP contribution in [0.1, 0.15) is 64.3 Å². The van der Waals surface area contributed by atoms with Crippen molar-refractivity contribution in [1.29, 1.82) is 0 Å². The lowest BCUT2D eigenvalue weighted by atomic mass is 10.0. The number of quaternary nitrogens is 2. The van der Waals surface area contributed by atoms with Crippen molar-refractivity contribution in [3.63, 3.8) is 0 Å². The molecule has 298 valence electrons. The van der Waals surface area contributed by atoms with E-state index >= 15 is 0 Å². The topological polar surface area (TPSA) is 112 Å². The van der Waals surface area contributed by atoms with Crippen molar-refractivity contribution < 1.29 is 10.1 Å². The lowest BCUT2D eigenvalue weighted by Gasteiger charge is -2.35. The summed E-state index contributed by atoms with van der Waals surface area (Å²) in [6.45, 7) is 11.7. The fourth-order valence-corrected chi connectivity index (χ4v) is 8.07. The van der Waals surface area contributed by atoms with Gasteiger partial charge in [0.1, 0.15) is 11.4 Å². The predicted molar refractivity (Wildman–Crippen MR) is 248 cm³/mol. The average Bonchev–Trinajstić information content (AvgIpc) is 4.09. The number of aromatic amines is 2. The Labute approximate surface area is 350 Å². The van der Waals surface area contributed by atoms with Crippen molar-refractivity contribution >= 4 is 57.7 Å². The summed E-state index contributed by atoms with van der Waals surface area (Å²) in [7, 11) is 0. The molecule has 0 saturated carbocycles. The summed E-state index contributed by atoms with van der Waals surface area (Å²) in [6.07, 6.45) is 8.32. The molecule has 2 atom stereocenters. The SMILES string of the molecule is CC(C)(C)[NH+]([O-])c1ccc(-c2c3nc(c(-c4ccccc4)c4ccc([nH]4)c(-c4ccc([NH+]([O-])C(C)(C)C)cc4)c4nc(c(-c5ccccc5)c5ccc2[nH]5)C=C4)C=C3)cc1. The zero-order valence-electron chi connectivity index (χ0n) is 34.7.